The van der Waals surface area contributed by atoms with Gasteiger partial charge in [0, 0.05) is 5.56 Å². The van der Waals surface area contributed by atoms with Crippen molar-refractivity contribution in [1.29, 1.82) is 0 Å². The lowest BCUT2D eigenvalue weighted by atomic mass is 9.98. The van der Waals surface area contributed by atoms with Gasteiger partial charge in [0.05, 0.1) is 12.7 Å². The minimum absolute atomic E-state index is 0.0887. The van der Waals surface area contributed by atoms with E-state index in [9.17, 15) is 9.18 Å². The molecule has 2 aromatic rings. The number of ketones is 1. The van der Waals surface area contributed by atoms with Gasteiger partial charge in [0.15, 0.2) is 5.78 Å². The summed E-state index contributed by atoms with van der Waals surface area (Å²) in [6, 6.07) is 11.1. The van der Waals surface area contributed by atoms with Crippen LogP contribution in [0.25, 0.3) is 0 Å². The molecule has 0 unspecified atom stereocenters. The lowest BCUT2D eigenvalue weighted by molar-refractivity contribution is 0.103. The number of rotatable bonds is 3. The van der Waals surface area contributed by atoms with E-state index in [4.69, 9.17) is 4.74 Å². The molecular weight excluding hydrogens is 231 g/mol. The summed E-state index contributed by atoms with van der Waals surface area (Å²) in [5.41, 5.74) is 1.34. The Kier molecular flexibility index (Phi) is 3.42. The SMILES string of the molecule is COc1ccc(C(=O)c2ccccc2F)c(C)c1. The second-order valence-electron chi connectivity index (χ2n) is 3.99. The van der Waals surface area contributed by atoms with Crippen molar-refractivity contribution in [2.75, 3.05) is 7.11 Å². The van der Waals surface area contributed by atoms with Gasteiger partial charge in [-0.2, -0.15) is 0 Å². The maximum atomic E-state index is 13.6. The molecule has 0 radical (unpaired) electrons. The van der Waals surface area contributed by atoms with Gasteiger partial charge < -0.3 is 4.74 Å². The minimum Gasteiger partial charge on any atom is -0.497 e. The van der Waals surface area contributed by atoms with Crippen LogP contribution in [0.2, 0.25) is 0 Å². The summed E-state index contributed by atoms with van der Waals surface area (Å²) in [6.07, 6.45) is 0. The number of hydrogen-bond acceptors (Lipinski definition) is 2. The zero-order chi connectivity index (χ0) is 13.1. The van der Waals surface area contributed by atoms with Crippen LogP contribution in [0.1, 0.15) is 21.5 Å². The summed E-state index contributed by atoms with van der Waals surface area (Å²) in [7, 11) is 1.56. The Balaban J connectivity index is 2.44. The molecule has 0 saturated heterocycles. The third-order valence-corrected chi connectivity index (χ3v) is 2.80. The normalized spacial score (nSPS) is 10.2. The molecule has 0 heterocycles. The van der Waals surface area contributed by atoms with Crippen molar-refractivity contribution in [2.24, 2.45) is 0 Å². The van der Waals surface area contributed by atoms with Crippen LogP contribution in [0, 0.1) is 12.7 Å². The number of benzene rings is 2. The van der Waals surface area contributed by atoms with E-state index in [0.29, 0.717) is 11.3 Å². The number of methoxy groups -OCH3 is 1. The average molecular weight is 244 g/mol. The van der Waals surface area contributed by atoms with Crippen molar-refractivity contribution in [3.63, 3.8) is 0 Å². The largest absolute Gasteiger partial charge is 0.497 e. The van der Waals surface area contributed by atoms with Crippen LogP contribution in [0.15, 0.2) is 42.5 Å². The third-order valence-electron chi connectivity index (χ3n) is 2.80. The summed E-state index contributed by atoms with van der Waals surface area (Å²) in [5.74, 6) is -0.136. The maximum Gasteiger partial charge on any atom is 0.196 e. The van der Waals surface area contributed by atoms with Crippen LogP contribution in [0.3, 0.4) is 0 Å². The van der Waals surface area contributed by atoms with E-state index in [1.807, 2.05) is 0 Å². The molecule has 0 aliphatic carbocycles. The zero-order valence-electron chi connectivity index (χ0n) is 10.2. The van der Waals surface area contributed by atoms with Gasteiger partial charge in [-0.25, -0.2) is 4.39 Å². The zero-order valence-corrected chi connectivity index (χ0v) is 10.2. The number of halogens is 1. The lowest BCUT2D eigenvalue weighted by Crippen LogP contribution is -2.06. The second kappa shape index (κ2) is 5.00. The van der Waals surface area contributed by atoms with Crippen molar-refractivity contribution < 1.29 is 13.9 Å². The molecular formula is C15H13FO2. The van der Waals surface area contributed by atoms with Gasteiger partial charge in [-0.15, -0.1) is 0 Å². The molecule has 0 aliphatic rings. The fourth-order valence-corrected chi connectivity index (χ4v) is 1.81. The van der Waals surface area contributed by atoms with E-state index in [1.54, 1.807) is 44.4 Å². The van der Waals surface area contributed by atoms with Crippen LogP contribution in [0.4, 0.5) is 4.39 Å². The average Bonchev–Trinajstić information content (AvgIpc) is 2.38. The van der Waals surface area contributed by atoms with Gasteiger partial charge >= 0.3 is 0 Å². The molecule has 0 spiro atoms. The summed E-state index contributed by atoms with van der Waals surface area (Å²) in [6.45, 7) is 1.80. The Labute approximate surface area is 105 Å². The van der Waals surface area contributed by atoms with Crippen molar-refractivity contribution >= 4 is 5.78 Å². The third kappa shape index (κ3) is 2.25. The van der Waals surface area contributed by atoms with Crippen molar-refractivity contribution in [1.82, 2.24) is 0 Å². The fraction of sp³-hybridized carbons (Fsp3) is 0.133. The Morgan fingerprint density at radius 1 is 1.11 bits per heavy atom. The topological polar surface area (TPSA) is 26.3 Å². The van der Waals surface area contributed by atoms with E-state index < -0.39 is 5.82 Å². The highest BCUT2D eigenvalue weighted by Crippen LogP contribution is 2.20. The highest BCUT2D eigenvalue weighted by Gasteiger charge is 2.15. The molecule has 18 heavy (non-hydrogen) atoms. The van der Waals surface area contributed by atoms with Crippen molar-refractivity contribution in [2.45, 2.75) is 6.92 Å². The summed E-state index contributed by atoms with van der Waals surface area (Å²) < 4.78 is 18.6. The van der Waals surface area contributed by atoms with Gasteiger partial charge in [0.1, 0.15) is 11.6 Å². The van der Waals surface area contributed by atoms with Gasteiger partial charge in [-0.05, 0) is 42.8 Å². The minimum atomic E-state index is -0.502. The first-order valence-corrected chi connectivity index (χ1v) is 5.57. The second-order valence-corrected chi connectivity index (χ2v) is 3.99. The van der Waals surface area contributed by atoms with Crippen LogP contribution in [-0.4, -0.2) is 12.9 Å². The quantitative estimate of drug-likeness (QED) is 0.774. The number of aryl methyl sites for hydroxylation is 1. The molecule has 0 aliphatic heterocycles. The molecule has 2 rings (SSSR count). The molecule has 0 fully saturated rings. The molecule has 2 aromatic carbocycles. The Morgan fingerprint density at radius 3 is 2.44 bits per heavy atom. The Morgan fingerprint density at radius 2 is 1.83 bits per heavy atom. The maximum absolute atomic E-state index is 13.6. The van der Waals surface area contributed by atoms with E-state index in [1.165, 1.54) is 12.1 Å². The van der Waals surface area contributed by atoms with Gasteiger partial charge in [-0.1, -0.05) is 12.1 Å². The summed E-state index contributed by atoms with van der Waals surface area (Å²) >= 11 is 0. The predicted octanol–water partition coefficient (Wildman–Crippen LogP) is 3.37. The monoisotopic (exact) mass is 244 g/mol. The lowest BCUT2D eigenvalue weighted by Gasteiger charge is -2.07. The van der Waals surface area contributed by atoms with Crippen LogP contribution >= 0.6 is 0 Å². The number of carbonyl (C=O) groups is 1. The number of ether oxygens (including phenoxy) is 1. The first-order chi connectivity index (χ1) is 8.63. The molecule has 0 aromatic heterocycles. The Hall–Kier alpha value is -2.16. The first-order valence-electron chi connectivity index (χ1n) is 5.57. The summed E-state index contributed by atoms with van der Waals surface area (Å²) in [5, 5.41) is 0. The van der Waals surface area contributed by atoms with E-state index in [2.05, 4.69) is 0 Å². The van der Waals surface area contributed by atoms with E-state index >= 15 is 0 Å². The van der Waals surface area contributed by atoms with Gasteiger partial charge in [-0.3, -0.25) is 4.79 Å². The molecule has 0 atom stereocenters. The number of carbonyl (C=O) groups excluding carboxylic acids is 1. The van der Waals surface area contributed by atoms with Crippen LogP contribution in [-0.2, 0) is 0 Å². The molecule has 3 heteroatoms. The molecule has 2 nitrogen and oxygen atoms in total. The van der Waals surface area contributed by atoms with Crippen molar-refractivity contribution in [3.8, 4) is 5.75 Å². The highest BCUT2D eigenvalue weighted by atomic mass is 19.1. The van der Waals surface area contributed by atoms with E-state index in [0.717, 1.165) is 5.56 Å². The molecule has 92 valence electrons. The predicted molar refractivity (Wildman–Crippen MR) is 67.6 cm³/mol. The standard InChI is InChI=1S/C15H13FO2/c1-10-9-11(18-2)7-8-12(10)15(17)13-5-3-4-6-14(13)16/h3-9H,1-2H3. The summed E-state index contributed by atoms with van der Waals surface area (Å²) in [4.78, 5) is 12.2. The van der Waals surface area contributed by atoms with Crippen LogP contribution < -0.4 is 4.74 Å². The van der Waals surface area contributed by atoms with Gasteiger partial charge in [0.25, 0.3) is 0 Å². The van der Waals surface area contributed by atoms with Crippen molar-refractivity contribution in [3.05, 3.63) is 65.0 Å². The molecule has 0 amide bonds. The number of hydrogen-bond donors (Lipinski definition) is 0. The molecule has 0 saturated carbocycles. The highest BCUT2D eigenvalue weighted by molar-refractivity contribution is 6.10. The van der Waals surface area contributed by atoms with Gasteiger partial charge in [0.2, 0.25) is 0 Å². The molecule has 0 N–H and O–H groups in total. The van der Waals surface area contributed by atoms with E-state index in [-0.39, 0.29) is 11.3 Å². The smallest absolute Gasteiger partial charge is 0.196 e. The first kappa shape index (κ1) is 12.3. The molecule has 0 bridgehead atoms. The van der Waals surface area contributed by atoms with Crippen LogP contribution in [0.5, 0.6) is 5.75 Å². The Bertz CT molecular complexity index is 591. The fourth-order valence-electron chi connectivity index (χ4n) is 1.81.